The Kier molecular flexibility index (Phi) is 7.81. The summed E-state index contributed by atoms with van der Waals surface area (Å²) in [7, 11) is 0. The van der Waals surface area contributed by atoms with E-state index in [1.54, 1.807) is 49.4 Å². The van der Waals surface area contributed by atoms with Gasteiger partial charge in [-0.3, -0.25) is 9.59 Å². The first-order chi connectivity index (χ1) is 15.0. The number of ether oxygens (including phenoxy) is 2. The number of carbonyl (C=O) groups is 3. The maximum absolute atomic E-state index is 12.5. The Balaban J connectivity index is 1.58. The summed E-state index contributed by atoms with van der Waals surface area (Å²) < 4.78 is 9.69. The summed E-state index contributed by atoms with van der Waals surface area (Å²) in [5, 5.41) is 5.65. The van der Waals surface area contributed by atoms with Crippen LogP contribution in [0.2, 0.25) is 0 Å². The van der Waals surface area contributed by atoms with Gasteiger partial charge in [0.2, 0.25) is 5.91 Å². The van der Waals surface area contributed by atoms with E-state index in [0.29, 0.717) is 16.9 Å². The fraction of sp³-hybridized carbons (Fsp3) is 0.292. The SMILES string of the molecule is CCOC(=O)Oc1ccc(C(=O)Nc2cccc(NC(=O)C=C3CCCCC3)c2)cc1. The third kappa shape index (κ3) is 6.99. The van der Waals surface area contributed by atoms with Crippen molar-refractivity contribution in [1.29, 1.82) is 0 Å². The Labute approximate surface area is 181 Å². The maximum atomic E-state index is 12.5. The van der Waals surface area contributed by atoms with Crippen molar-refractivity contribution in [2.45, 2.75) is 39.0 Å². The van der Waals surface area contributed by atoms with E-state index in [-0.39, 0.29) is 24.2 Å². The molecule has 7 nitrogen and oxygen atoms in total. The Hall–Kier alpha value is -3.61. The van der Waals surface area contributed by atoms with Gasteiger partial charge < -0.3 is 20.1 Å². The van der Waals surface area contributed by atoms with Crippen LogP contribution in [0.1, 0.15) is 49.4 Å². The first-order valence-electron chi connectivity index (χ1n) is 10.4. The van der Waals surface area contributed by atoms with Gasteiger partial charge in [0.25, 0.3) is 5.91 Å². The number of rotatable bonds is 6. The third-order valence-electron chi connectivity index (χ3n) is 4.80. The largest absolute Gasteiger partial charge is 0.513 e. The van der Waals surface area contributed by atoms with Gasteiger partial charge in [-0.25, -0.2) is 4.79 Å². The van der Waals surface area contributed by atoms with E-state index >= 15 is 0 Å². The van der Waals surface area contributed by atoms with E-state index in [1.165, 1.54) is 24.1 Å². The number of amides is 2. The Morgan fingerprint density at radius 2 is 1.61 bits per heavy atom. The second kappa shape index (κ2) is 11.0. The van der Waals surface area contributed by atoms with Crippen LogP contribution in [0.4, 0.5) is 16.2 Å². The molecule has 0 heterocycles. The van der Waals surface area contributed by atoms with Crippen LogP contribution in [0.25, 0.3) is 0 Å². The van der Waals surface area contributed by atoms with Gasteiger partial charge in [0, 0.05) is 23.0 Å². The zero-order valence-electron chi connectivity index (χ0n) is 17.5. The highest BCUT2D eigenvalue weighted by Gasteiger charge is 2.10. The molecule has 1 fully saturated rings. The van der Waals surface area contributed by atoms with E-state index in [4.69, 9.17) is 9.47 Å². The van der Waals surface area contributed by atoms with Gasteiger partial charge in [-0.1, -0.05) is 18.1 Å². The number of allylic oxidation sites excluding steroid dienone is 1. The zero-order chi connectivity index (χ0) is 22.1. The molecule has 0 aromatic heterocycles. The van der Waals surface area contributed by atoms with Crippen molar-refractivity contribution in [2.24, 2.45) is 0 Å². The first-order valence-corrected chi connectivity index (χ1v) is 10.4. The third-order valence-corrected chi connectivity index (χ3v) is 4.80. The lowest BCUT2D eigenvalue weighted by atomic mass is 9.94. The fourth-order valence-electron chi connectivity index (χ4n) is 3.31. The molecule has 0 saturated heterocycles. The molecule has 1 saturated carbocycles. The number of hydrogen-bond acceptors (Lipinski definition) is 5. The summed E-state index contributed by atoms with van der Waals surface area (Å²) in [6.45, 7) is 1.90. The summed E-state index contributed by atoms with van der Waals surface area (Å²) in [5.41, 5.74) is 2.74. The second-order valence-electron chi connectivity index (χ2n) is 7.20. The average molecular weight is 422 g/mol. The molecule has 3 rings (SSSR count). The molecule has 162 valence electrons. The van der Waals surface area contributed by atoms with E-state index in [2.05, 4.69) is 10.6 Å². The van der Waals surface area contributed by atoms with Crippen molar-refractivity contribution in [1.82, 2.24) is 0 Å². The summed E-state index contributed by atoms with van der Waals surface area (Å²) >= 11 is 0. The van der Waals surface area contributed by atoms with Crippen LogP contribution in [0.5, 0.6) is 5.75 Å². The molecule has 0 unspecified atom stereocenters. The monoisotopic (exact) mass is 422 g/mol. The van der Waals surface area contributed by atoms with Crippen molar-refractivity contribution in [2.75, 3.05) is 17.2 Å². The van der Waals surface area contributed by atoms with Crippen molar-refractivity contribution >= 4 is 29.3 Å². The highest BCUT2D eigenvalue weighted by molar-refractivity contribution is 6.05. The quantitative estimate of drug-likeness (QED) is 0.374. The lowest BCUT2D eigenvalue weighted by Crippen LogP contribution is -2.13. The molecular weight excluding hydrogens is 396 g/mol. The van der Waals surface area contributed by atoms with Gasteiger partial charge in [0.15, 0.2) is 0 Å². The number of anilines is 2. The van der Waals surface area contributed by atoms with Gasteiger partial charge in [0.05, 0.1) is 6.61 Å². The van der Waals surface area contributed by atoms with Crippen LogP contribution < -0.4 is 15.4 Å². The number of nitrogens with one attached hydrogen (secondary N) is 2. The predicted molar refractivity (Wildman–Crippen MR) is 118 cm³/mol. The standard InChI is InChI=1S/C24H26N2O5/c1-2-30-24(29)31-21-13-11-18(12-14-21)23(28)26-20-10-6-9-19(16-20)25-22(27)15-17-7-4-3-5-8-17/h6,9-16H,2-5,7-8H2,1H3,(H,25,27)(H,26,28). The Morgan fingerprint density at radius 1 is 0.935 bits per heavy atom. The van der Waals surface area contributed by atoms with Crippen LogP contribution in [-0.4, -0.2) is 24.6 Å². The topological polar surface area (TPSA) is 93.7 Å². The minimum absolute atomic E-state index is 0.155. The van der Waals surface area contributed by atoms with Gasteiger partial charge in [-0.05, 0) is 75.1 Å². The minimum atomic E-state index is -0.794. The highest BCUT2D eigenvalue weighted by atomic mass is 16.7. The smallest absolute Gasteiger partial charge is 0.434 e. The van der Waals surface area contributed by atoms with Gasteiger partial charge in [-0.15, -0.1) is 0 Å². The van der Waals surface area contributed by atoms with E-state index in [0.717, 1.165) is 25.7 Å². The van der Waals surface area contributed by atoms with Crippen molar-refractivity contribution in [3.63, 3.8) is 0 Å². The zero-order valence-corrected chi connectivity index (χ0v) is 17.5. The Morgan fingerprint density at radius 3 is 2.29 bits per heavy atom. The molecule has 0 spiro atoms. The molecule has 2 aromatic rings. The molecular formula is C24H26N2O5. The lowest BCUT2D eigenvalue weighted by Gasteiger charge is -2.13. The molecule has 1 aliphatic rings. The van der Waals surface area contributed by atoms with Crippen molar-refractivity contribution in [3.05, 3.63) is 65.7 Å². The molecule has 0 aliphatic heterocycles. The normalized spacial score (nSPS) is 13.1. The molecule has 2 N–H and O–H groups in total. The molecule has 0 radical (unpaired) electrons. The van der Waals surface area contributed by atoms with Gasteiger partial charge in [-0.2, -0.15) is 0 Å². The van der Waals surface area contributed by atoms with Crippen molar-refractivity contribution < 1.29 is 23.9 Å². The molecule has 0 bridgehead atoms. The van der Waals surface area contributed by atoms with Crippen molar-refractivity contribution in [3.8, 4) is 5.75 Å². The number of hydrogen-bond donors (Lipinski definition) is 2. The maximum Gasteiger partial charge on any atom is 0.513 e. The molecule has 1 aliphatic carbocycles. The average Bonchev–Trinajstić information content (AvgIpc) is 2.75. The van der Waals surface area contributed by atoms with E-state index < -0.39 is 6.16 Å². The summed E-state index contributed by atoms with van der Waals surface area (Å²) in [6.07, 6.45) is 6.34. The number of carbonyl (C=O) groups excluding carboxylic acids is 3. The summed E-state index contributed by atoms with van der Waals surface area (Å²) in [4.78, 5) is 36.1. The van der Waals surface area contributed by atoms with Crippen LogP contribution in [-0.2, 0) is 9.53 Å². The Bertz CT molecular complexity index is 958. The van der Waals surface area contributed by atoms with Crippen LogP contribution >= 0.6 is 0 Å². The molecule has 0 atom stereocenters. The van der Waals surface area contributed by atoms with Crippen LogP contribution in [0.3, 0.4) is 0 Å². The predicted octanol–water partition coefficient (Wildman–Crippen LogP) is 5.30. The highest BCUT2D eigenvalue weighted by Crippen LogP contribution is 2.23. The second-order valence-corrected chi connectivity index (χ2v) is 7.20. The minimum Gasteiger partial charge on any atom is -0.434 e. The van der Waals surface area contributed by atoms with Gasteiger partial charge >= 0.3 is 6.16 Å². The van der Waals surface area contributed by atoms with E-state index in [9.17, 15) is 14.4 Å². The fourth-order valence-corrected chi connectivity index (χ4v) is 3.31. The van der Waals surface area contributed by atoms with Gasteiger partial charge in [0.1, 0.15) is 5.75 Å². The molecule has 2 amide bonds. The van der Waals surface area contributed by atoms with E-state index in [1.807, 2.05) is 0 Å². The molecule has 7 heteroatoms. The number of benzene rings is 2. The first kappa shape index (κ1) is 22.1. The summed E-state index contributed by atoms with van der Waals surface area (Å²) in [6, 6.07) is 13.1. The lowest BCUT2D eigenvalue weighted by molar-refractivity contribution is -0.112. The molecule has 2 aromatic carbocycles. The summed E-state index contributed by atoms with van der Waals surface area (Å²) in [5.74, 6) is -0.195. The van der Waals surface area contributed by atoms with Crippen LogP contribution in [0.15, 0.2) is 60.2 Å². The van der Waals surface area contributed by atoms with Crippen LogP contribution in [0, 0.1) is 0 Å². The molecule has 31 heavy (non-hydrogen) atoms.